The molecule has 0 bridgehead atoms. The average Bonchev–Trinajstić information content (AvgIpc) is 2.82. The third-order valence-electron chi connectivity index (χ3n) is 3.12. The van der Waals surface area contributed by atoms with Crippen molar-refractivity contribution in [1.82, 2.24) is 20.1 Å². The molecule has 0 fully saturated rings. The second kappa shape index (κ2) is 6.16. The highest BCUT2D eigenvalue weighted by Crippen LogP contribution is 2.29. The Hall–Kier alpha value is -1.40. The van der Waals surface area contributed by atoms with E-state index in [-0.39, 0.29) is 6.04 Å². The number of ether oxygens (including phenoxy) is 1. The van der Waals surface area contributed by atoms with Crippen molar-refractivity contribution in [2.75, 3.05) is 14.2 Å². The molecule has 6 heteroatoms. The Bertz CT molecular complexity index is 555. The summed E-state index contributed by atoms with van der Waals surface area (Å²) >= 11 is 3.59. The number of rotatable bonds is 5. The number of halogens is 1. The molecule has 2 aromatic rings. The number of aromatic nitrogens is 3. The maximum absolute atomic E-state index is 5.28. The van der Waals surface area contributed by atoms with Gasteiger partial charge in [-0.05, 0) is 30.8 Å². The zero-order valence-electron chi connectivity index (χ0n) is 11.2. The Labute approximate surface area is 121 Å². The summed E-state index contributed by atoms with van der Waals surface area (Å²) in [7, 11) is 5.51. The molecule has 102 valence electrons. The highest BCUT2D eigenvalue weighted by molar-refractivity contribution is 9.10. The number of benzene rings is 1. The zero-order chi connectivity index (χ0) is 13.8. The Morgan fingerprint density at radius 2 is 2.26 bits per heavy atom. The van der Waals surface area contributed by atoms with Gasteiger partial charge in [0.05, 0.1) is 7.11 Å². The van der Waals surface area contributed by atoms with Gasteiger partial charge in [-0.25, -0.2) is 4.98 Å². The summed E-state index contributed by atoms with van der Waals surface area (Å²) in [5.41, 5.74) is 1.14. The normalized spacial score (nSPS) is 12.4. The van der Waals surface area contributed by atoms with Gasteiger partial charge in [-0.3, -0.25) is 4.68 Å². The highest BCUT2D eigenvalue weighted by Gasteiger charge is 2.16. The van der Waals surface area contributed by atoms with Gasteiger partial charge in [-0.15, -0.1) is 0 Å². The van der Waals surface area contributed by atoms with Gasteiger partial charge in [0.1, 0.15) is 17.9 Å². The monoisotopic (exact) mass is 324 g/mol. The summed E-state index contributed by atoms with van der Waals surface area (Å²) in [5, 5.41) is 7.40. The molecule has 0 spiro atoms. The Morgan fingerprint density at radius 1 is 1.47 bits per heavy atom. The second-order valence-electron chi connectivity index (χ2n) is 4.23. The van der Waals surface area contributed by atoms with Crippen LogP contribution in [0.3, 0.4) is 0 Å². The first-order chi connectivity index (χ1) is 9.15. The van der Waals surface area contributed by atoms with Gasteiger partial charge in [-0.2, -0.15) is 5.10 Å². The lowest BCUT2D eigenvalue weighted by atomic mass is 10.0. The molecule has 1 N–H and O–H groups in total. The molecule has 2 rings (SSSR count). The van der Waals surface area contributed by atoms with Gasteiger partial charge in [0.2, 0.25) is 0 Å². The molecular weight excluding hydrogens is 308 g/mol. The molecule has 19 heavy (non-hydrogen) atoms. The van der Waals surface area contributed by atoms with E-state index in [1.807, 2.05) is 32.3 Å². The number of hydrogen-bond acceptors (Lipinski definition) is 4. The molecule has 0 saturated carbocycles. The van der Waals surface area contributed by atoms with E-state index in [0.717, 1.165) is 28.0 Å². The summed E-state index contributed by atoms with van der Waals surface area (Å²) < 4.78 is 8.12. The molecule has 1 unspecified atom stereocenters. The molecule has 0 aliphatic heterocycles. The van der Waals surface area contributed by atoms with Crippen molar-refractivity contribution < 1.29 is 4.74 Å². The number of aryl methyl sites for hydroxylation is 1. The maximum Gasteiger partial charge on any atom is 0.138 e. The summed E-state index contributed by atoms with van der Waals surface area (Å²) in [6.45, 7) is 0. The van der Waals surface area contributed by atoms with E-state index in [1.165, 1.54) is 0 Å². The molecule has 0 amide bonds. The fourth-order valence-electron chi connectivity index (χ4n) is 1.97. The van der Waals surface area contributed by atoms with E-state index in [4.69, 9.17) is 4.74 Å². The lowest BCUT2D eigenvalue weighted by molar-refractivity contribution is 0.413. The van der Waals surface area contributed by atoms with E-state index in [2.05, 4.69) is 31.3 Å². The smallest absolute Gasteiger partial charge is 0.138 e. The van der Waals surface area contributed by atoms with Crippen molar-refractivity contribution in [3.63, 3.8) is 0 Å². The molecule has 1 aromatic heterocycles. The van der Waals surface area contributed by atoms with Crippen LogP contribution >= 0.6 is 15.9 Å². The highest BCUT2D eigenvalue weighted by atomic mass is 79.9. The van der Waals surface area contributed by atoms with Crippen molar-refractivity contribution in [3.05, 3.63) is 40.4 Å². The number of likely N-dealkylation sites (N-methyl/N-ethyl adjacent to an activating group) is 1. The van der Waals surface area contributed by atoms with Crippen molar-refractivity contribution in [2.45, 2.75) is 12.5 Å². The number of methoxy groups -OCH3 is 1. The summed E-state index contributed by atoms with van der Waals surface area (Å²) in [5.74, 6) is 1.78. The molecule has 1 atom stereocenters. The summed E-state index contributed by atoms with van der Waals surface area (Å²) in [6, 6.07) is 6.10. The van der Waals surface area contributed by atoms with Gasteiger partial charge in [0.25, 0.3) is 0 Å². The van der Waals surface area contributed by atoms with Crippen molar-refractivity contribution in [2.24, 2.45) is 7.05 Å². The third-order valence-corrected chi connectivity index (χ3v) is 3.84. The fourth-order valence-corrected chi connectivity index (χ4v) is 2.49. The minimum atomic E-state index is 0.146. The van der Waals surface area contributed by atoms with Crippen LogP contribution in [0.2, 0.25) is 0 Å². The Balaban J connectivity index is 2.29. The van der Waals surface area contributed by atoms with Crippen molar-refractivity contribution >= 4 is 15.9 Å². The zero-order valence-corrected chi connectivity index (χ0v) is 12.8. The van der Waals surface area contributed by atoms with Crippen LogP contribution in [0.4, 0.5) is 0 Å². The van der Waals surface area contributed by atoms with Crippen LogP contribution in [-0.4, -0.2) is 28.9 Å². The standard InChI is InChI=1S/C13H17BrN4O/c1-15-12(7-13-16-8-17-18(13)2)10-6-9(19-3)4-5-11(10)14/h4-6,8,12,15H,7H2,1-3H3. The van der Waals surface area contributed by atoms with E-state index in [9.17, 15) is 0 Å². The minimum Gasteiger partial charge on any atom is -0.497 e. The molecule has 0 aliphatic carbocycles. The predicted octanol–water partition coefficient (Wildman–Crippen LogP) is 2.09. The van der Waals surface area contributed by atoms with Gasteiger partial charge in [0, 0.05) is 24.0 Å². The van der Waals surface area contributed by atoms with E-state index in [1.54, 1.807) is 18.1 Å². The van der Waals surface area contributed by atoms with Crippen LogP contribution in [0, 0.1) is 0 Å². The lowest BCUT2D eigenvalue weighted by Gasteiger charge is -2.18. The molecule has 0 radical (unpaired) electrons. The number of nitrogens with one attached hydrogen (secondary N) is 1. The quantitative estimate of drug-likeness (QED) is 0.915. The average molecular weight is 325 g/mol. The third kappa shape index (κ3) is 3.13. The first-order valence-corrected chi connectivity index (χ1v) is 6.78. The Morgan fingerprint density at radius 3 is 2.84 bits per heavy atom. The van der Waals surface area contributed by atoms with Crippen molar-refractivity contribution in [3.8, 4) is 5.75 Å². The first-order valence-electron chi connectivity index (χ1n) is 5.99. The second-order valence-corrected chi connectivity index (χ2v) is 5.09. The lowest BCUT2D eigenvalue weighted by Crippen LogP contribution is -2.21. The number of nitrogens with zero attached hydrogens (tertiary/aromatic N) is 3. The van der Waals surface area contributed by atoms with Crippen LogP contribution in [0.5, 0.6) is 5.75 Å². The molecular formula is C13H17BrN4O. The largest absolute Gasteiger partial charge is 0.497 e. The molecule has 1 aromatic carbocycles. The van der Waals surface area contributed by atoms with Crippen LogP contribution < -0.4 is 10.1 Å². The van der Waals surface area contributed by atoms with E-state index < -0.39 is 0 Å². The molecule has 0 saturated heterocycles. The van der Waals surface area contributed by atoms with Gasteiger partial charge >= 0.3 is 0 Å². The summed E-state index contributed by atoms with van der Waals surface area (Å²) in [6.07, 6.45) is 2.33. The Kier molecular flexibility index (Phi) is 4.55. The predicted molar refractivity (Wildman–Crippen MR) is 77.2 cm³/mol. The maximum atomic E-state index is 5.28. The van der Waals surface area contributed by atoms with E-state index in [0.29, 0.717) is 0 Å². The first kappa shape index (κ1) is 14.0. The van der Waals surface area contributed by atoms with Gasteiger partial charge in [-0.1, -0.05) is 15.9 Å². The molecule has 1 heterocycles. The van der Waals surface area contributed by atoms with Gasteiger partial charge in [0.15, 0.2) is 0 Å². The SMILES string of the molecule is CNC(Cc1ncnn1C)c1cc(OC)ccc1Br. The molecule has 5 nitrogen and oxygen atoms in total. The topological polar surface area (TPSA) is 52.0 Å². The van der Waals surface area contributed by atoms with Crippen molar-refractivity contribution in [1.29, 1.82) is 0 Å². The number of hydrogen-bond donors (Lipinski definition) is 1. The van der Waals surface area contributed by atoms with Crippen LogP contribution in [0.1, 0.15) is 17.4 Å². The van der Waals surface area contributed by atoms with Crippen LogP contribution in [0.25, 0.3) is 0 Å². The van der Waals surface area contributed by atoms with Crippen LogP contribution in [0.15, 0.2) is 29.0 Å². The van der Waals surface area contributed by atoms with Crippen LogP contribution in [-0.2, 0) is 13.5 Å². The van der Waals surface area contributed by atoms with E-state index >= 15 is 0 Å². The fraction of sp³-hybridized carbons (Fsp3) is 0.385. The van der Waals surface area contributed by atoms with Gasteiger partial charge < -0.3 is 10.1 Å². The summed E-state index contributed by atoms with van der Waals surface area (Å²) in [4.78, 5) is 4.27. The molecule has 0 aliphatic rings. The minimum absolute atomic E-state index is 0.146.